The number of aryl methyl sites for hydroxylation is 1. The molecule has 0 aromatic carbocycles. The van der Waals surface area contributed by atoms with Crippen LogP contribution in [0.2, 0.25) is 0 Å². The molecule has 1 aromatic heterocycles. The van der Waals surface area contributed by atoms with Crippen LogP contribution in [-0.4, -0.2) is 14.9 Å². The third kappa shape index (κ3) is 1.27. The van der Waals surface area contributed by atoms with Gasteiger partial charge in [-0.2, -0.15) is 5.10 Å². The number of fused-ring (bicyclic) bond motifs is 1. The summed E-state index contributed by atoms with van der Waals surface area (Å²) in [6.07, 6.45) is 4.71. The number of hydrogen-bond acceptors (Lipinski definition) is 2. The first-order chi connectivity index (χ1) is 6.24. The smallest absolute Gasteiger partial charge is 0.0851 e. The SMILES string of the molecule is CCC1CCc2c(cnn2C)C1O. The van der Waals surface area contributed by atoms with Crippen molar-refractivity contribution in [3.05, 3.63) is 17.5 Å². The minimum absolute atomic E-state index is 0.289. The highest BCUT2D eigenvalue weighted by molar-refractivity contribution is 5.24. The molecule has 0 saturated carbocycles. The van der Waals surface area contributed by atoms with Gasteiger partial charge in [0.1, 0.15) is 0 Å². The lowest BCUT2D eigenvalue weighted by molar-refractivity contribution is 0.0907. The van der Waals surface area contributed by atoms with Gasteiger partial charge >= 0.3 is 0 Å². The first-order valence-electron chi connectivity index (χ1n) is 4.93. The van der Waals surface area contributed by atoms with E-state index in [4.69, 9.17) is 0 Å². The van der Waals surface area contributed by atoms with Gasteiger partial charge in [0.15, 0.2) is 0 Å². The van der Waals surface area contributed by atoms with E-state index in [0.29, 0.717) is 5.92 Å². The van der Waals surface area contributed by atoms with Gasteiger partial charge in [-0.05, 0) is 18.8 Å². The Hall–Kier alpha value is -0.830. The zero-order valence-electron chi connectivity index (χ0n) is 8.20. The Morgan fingerprint density at radius 3 is 3.15 bits per heavy atom. The third-order valence-electron chi connectivity index (χ3n) is 3.14. The minimum atomic E-state index is -0.289. The monoisotopic (exact) mass is 180 g/mol. The highest BCUT2D eigenvalue weighted by Crippen LogP contribution is 2.35. The lowest BCUT2D eigenvalue weighted by Gasteiger charge is -2.26. The molecule has 2 rings (SSSR count). The molecule has 2 atom stereocenters. The summed E-state index contributed by atoms with van der Waals surface area (Å²) in [6, 6.07) is 0. The van der Waals surface area contributed by atoms with Gasteiger partial charge in [-0.3, -0.25) is 4.68 Å². The maximum atomic E-state index is 9.98. The van der Waals surface area contributed by atoms with Crippen LogP contribution in [0.25, 0.3) is 0 Å². The molecule has 0 spiro atoms. The zero-order valence-corrected chi connectivity index (χ0v) is 8.20. The van der Waals surface area contributed by atoms with Crippen LogP contribution in [-0.2, 0) is 13.5 Å². The Kier molecular flexibility index (Phi) is 2.12. The number of aliphatic hydroxyl groups excluding tert-OH is 1. The summed E-state index contributed by atoms with van der Waals surface area (Å²) in [7, 11) is 1.94. The maximum absolute atomic E-state index is 9.98. The summed E-state index contributed by atoms with van der Waals surface area (Å²) in [4.78, 5) is 0. The predicted molar refractivity (Wildman–Crippen MR) is 50.3 cm³/mol. The molecule has 3 heteroatoms. The molecule has 72 valence electrons. The first-order valence-corrected chi connectivity index (χ1v) is 4.93. The number of aliphatic hydroxyl groups is 1. The summed E-state index contributed by atoms with van der Waals surface area (Å²) >= 11 is 0. The molecule has 3 nitrogen and oxygen atoms in total. The van der Waals surface area contributed by atoms with Gasteiger partial charge in [-0.25, -0.2) is 0 Å². The van der Waals surface area contributed by atoms with Gasteiger partial charge < -0.3 is 5.11 Å². The average Bonchev–Trinajstić information content (AvgIpc) is 2.50. The predicted octanol–water partition coefficient (Wildman–Crippen LogP) is 1.43. The summed E-state index contributed by atoms with van der Waals surface area (Å²) < 4.78 is 1.88. The molecule has 2 unspecified atom stereocenters. The van der Waals surface area contributed by atoms with Gasteiger partial charge in [0.05, 0.1) is 12.3 Å². The molecule has 1 N–H and O–H groups in total. The molecule has 0 aliphatic heterocycles. The molecule has 1 aromatic rings. The van der Waals surface area contributed by atoms with Crippen LogP contribution >= 0.6 is 0 Å². The normalized spacial score (nSPS) is 27.3. The van der Waals surface area contributed by atoms with E-state index in [0.717, 1.165) is 24.8 Å². The van der Waals surface area contributed by atoms with Crippen LogP contribution in [0.4, 0.5) is 0 Å². The van der Waals surface area contributed by atoms with Crippen LogP contribution in [0, 0.1) is 5.92 Å². The van der Waals surface area contributed by atoms with Crippen LogP contribution in [0.15, 0.2) is 6.20 Å². The van der Waals surface area contributed by atoms with Crippen molar-refractivity contribution in [2.75, 3.05) is 0 Å². The van der Waals surface area contributed by atoms with Crippen LogP contribution in [0.3, 0.4) is 0 Å². The number of rotatable bonds is 1. The Bertz CT molecular complexity index is 306. The molecule has 1 aliphatic rings. The van der Waals surface area contributed by atoms with Gasteiger partial charge in [-0.1, -0.05) is 13.3 Å². The summed E-state index contributed by atoms with van der Waals surface area (Å²) in [6.45, 7) is 2.13. The maximum Gasteiger partial charge on any atom is 0.0851 e. The van der Waals surface area contributed by atoms with Gasteiger partial charge in [0.2, 0.25) is 0 Å². The second-order valence-electron chi connectivity index (χ2n) is 3.82. The molecule has 0 radical (unpaired) electrons. The largest absolute Gasteiger partial charge is 0.388 e. The van der Waals surface area contributed by atoms with E-state index >= 15 is 0 Å². The highest BCUT2D eigenvalue weighted by Gasteiger charge is 2.28. The lowest BCUT2D eigenvalue weighted by Crippen LogP contribution is -2.20. The second kappa shape index (κ2) is 3.14. The Morgan fingerprint density at radius 1 is 1.69 bits per heavy atom. The van der Waals surface area contributed by atoms with E-state index in [1.54, 1.807) is 0 Å². The summed E-state index contributed by atoms with van der Waals surface area (Å²) in [5.41, 5.74) is 2.25. The van der Waals surface area contributed by atoms with Crippen molar-refractivity contribution >= 4 is 0 Å². The zero-order chi connectivity index (χ0) is 9.42. The third-order valence-corrected chi connectivity index (χ3v) is 3.14. The topological polar surface area (TPSA) is 38.0 Å². The molecule has 1 heterocycles. The van der Waals surface area contributed by atoms with Crippen LogP contribution in [0.1, 0.15) is 37.1 Å². The standard InChI is InChI=1S/C10H16N2O/c1-3-7-4-5-9-8(10(7)13)6-11-12(9)2/h6-7,10,13H,3-5H2,1-2H3. The molecular formula is C10H16N2O. The molecule has 0 fully saturated rings. The van der Waals surface area contributed by atoms with E-state index in [1.165, 1.54) is 5.69 Å². The average molecular weight is 180 g/mol. The van der Waals surface area contributed by atoms with Crippen molar-refractivity contribution in [2.45, 2.75) is 32.3 Å². The molecular weight excluding hydrogens is 164 g/mol. The molecule has 0 saturated heterocycles. The Balaban J connectivity index is 2.34. The van der Waals surface area contributed by atoms with Crippen LogP contribution < -0.4 is 0 Å². The number of hydrogen-bond donors (Lipinski definition) is 1. The fraction of sp³-hybridized carbons (Fsp3) is 0.700. The second-order valence-corrected chi connectivity index (χ2v) is 3.82. The van der Waals surface area contributed by atoms with Crippen molar-refractivity contribution in [1.29, 1.82) is 0 Å². The summed E-state index contributed by atoms with van der Waals surface area (Å²) in [5.74, 6) is 0.427. The van der Waals surface area contributed by atoms with Crippen molar-refractivity contribution in [3.63, 3.8) is 0 Å². The van der Waals surface area contributed by atoms with E-state index in [2.05, 4.69) is 12.0 Å². The van der Waals surface area contributed by atoms with Crippen LogP contribution in [0.5, 0.6) is 0 Å². The fourth-order valence-corrected chi connectivity index (χ4v) is 2.19. The van der Waals surface area contributed by atoms with E-state index in [1.807, 2.05) is 17.9 Å². The molecule has 1 aliphatic carbocycles. The van der Waals surface area contributed by atoms with Gasteiger partial charge in [0, 0.05) is 18.3 Å². The van der Waals surface area contributed by atoms with E-state index in [-0.39, 0.29) is 6.10 Å². The number of aromatic nitrogens is 2. The summed E-state index contributed by atoms with van der Waals surface area (Å²) in [5, 5.41) is 14.2. The molecule has 0 bridgehead atoms. The Morgan fingerprint density at radius 2 is 2.46 bits per heavy atom. The van der Waals surface area contributed by atoms with Crippen molar-refractivity contribution in [1.82, 2.24) is 9.78 Å². The fourth-order valence-electron chi connectivity index (χ4n) is 2.19. The van der Waals surface area contributed by atoms with Gasteiger partial charge in [0.25, 0.3) is 0 Å². The minimum Gasteiger partial charge on any atom is -0.388 e. The lowest BCUT2D eigenvalue weighted by atomic mass is 9.83. The first kappa shape index (κ1) is 8.75. The quantitative estimate of drug-likeness (QED) is 0.710. The Labute approximate surface area is 78.4 Å². The van der Waals surface area contributed by atoms with E-state index in [9.17, 15) is 5.11 Å². The van der Waals surface area contributed by atoms with Crippen molar-refractivity contribution < 1.29 is 5.11 Å². The molecule has 0 amide bonds. The highest BCUT2D eigenvalue weighted by atomic mass is 16.3. The molecule has 13 heavy (non-hydrogen) atoms. The van der Waals surface area contributed by atoms with Crippen molar-refractivity contribution in [2.24, 2.45) is 13.0 Å². The number of nitrogens with zero attached hydrogens (tertiary/aromatic N) is 2. The van der Waals surface area contributed by atoms with Crippen molar-refractivity contribution in [3.8, 4) is 0 Å². The van der Waals surface area contributed by atoms with E-state index < -0.39 is 0 Å². The van der Waals surface area contributed by atoms with Gasteiger partial charge in [-0.15, -0.1) is 0 Å².